The van der Waals surface area contributed by atoms with Crippen molar-refractivity contribution >= 4 is 46.3 Å². The lowest BCUT2D eigenvalue weighted by Gasteiger charge is -2.08. The number of hydrogen-bond donors (Lipinski definition) is 1. The van der Waals surface area contributed by atoms with E-state index >= 15 is 0 Å². The van der Waals surface area contributed by atoms with Crippen LogP contribution in [0.5, 0.6) is 0 Å². The zero-order valence-electron chi connectivity index (χ0n) is 10.8. The maximum absolute atomic E-state index is 12.3. The number of rotatable bonds is 3. The van der Waals surface area contributed by atoms with E-state index in [1.165, 1.54) is 10.4 Å². The normalized spacial score (nSPS) is 13.8. The molecule has 2 heterocycles. The van der Waals surface area contributed by atoms with Gasteiger partial charge in [0.1, 0.15) is 0 Å². The Balaban J connectivity index is 1.81. The Kier molecular flexibility index (Phi) is 4.34. The second kappa shape index (κ2) is 6.20. The van der Waals surface area contributed by atoms with Gasteiger partial charge in [-0.05, 0) is 35.4 Å². The number of anilines is 1. The van der Waals surface area contributed by atoms with Crippen molar-refractivity contribution in [3.63, 3.8) is 0 Å². The minimum absolute atomic E-state index is 0.0352. The molecule has 0 radical (unpaired) electrons. The van der Waals surface area contributed by atoms with Gasteiger partial charge in [-0.1, -0.05) is 18.2 Å². The number of thioether (sulfide) groups is 1. The first kappa shape index (κ1) is 14.0. The molecule has 5 heteroatoms. The van der Waals surface area contributed by atoms with Crippen LogP contribution in [-0.4, -0.2) is 11.7 Å². The largest absolute Gasteiger partial charge is 0.321 e. The molecule has 0 unspecified atom stereocenters. The Morgan fingerprint density at radius 3 is 3.00 bits per heavy atom. The van der Waals surface area contributed by atoms with E-state index in [0.29, 0.717) is 5.88 Å². The summed E-state index contributed by atoms with van der Waals surface area (Å²) in [5, 5.41) is 2.97. The summed E-state index contributed by atoms with van der Waals surface area (Å²) in [6.07, 6.45) is 1.08. The number of halogens is 1. The molecule has 0 saturated carbocycles. The number of alkyl halides is 1. The molecule has 1 N–H and O–H groups in total. The van der Waals surface area contributed by atoms with Gasteiger partial charge >= 0.3 is 0 Å². The molecule has 1 aromatic carbocycles. The molecule has 0 aliphatic carbocycles. The van der Waals surface area contributed by atoms with Crippen LogP contribution in [0.3, 0.4) is 0 Å². The van der Waals surface area contributed by atoms with Gasteiger partial charge in [0.15, 0.2) is 0 Å². The minimum Gasteiger partial charge on any atom is -0.321 e. The zero-order valence-corrected chi connectivity index (χ0v) is 13.2. The van der Waals surface area contributed by atoms with E-state index in [0.717, 1.165) is 34.1 Å². The highest BCUT2D eigenvalue weighted by Gasteiger charge is 2.18. The number of carbonyl (C=O) groups is 1. The summed E-state index contributed by atoms with van der Waals surface area (Å²) in [5.41, 5.74) is 3.06. The van der Waals surface area contributed by atoms with Crippen LogP contribution in [-0.2, 0) is 18.1 Å². The summed E-state index contributed by atoms with van der Waals surface area (Å²) in [7, 11) is 0. The summed E-state index contributed by atoms with van der Waals surface area (Å²) in [4.78, 5) is 14.5. The predicted molar refractivity (Wildman–Crippen MR) is 88.1 cm³/mol. The second-order valence-corrected chi connectivity index (χ2v) is 7.12. The predicted octanol–water partition coefficient (Wildman–Crippen LogP) is 4.53. The molecule has 2 nitrogen and oxygen atoms in total. The Morgan fingerprint density at radius 2 is 2.20 bits per heavy atom. The summed E-state index contributed by atoms with van der Waals surface area (Å²) in [5.74, 6) is 2.54. The first-order valence-electron chi connectivity index (χ1n) is 6.42. The van der Waals surface area contributed by atoms with Gasteiger partial charge in [-0.25, -0.2) is 0 Å². The molecule has 0 saturated heterocycles. The van der Waals surface area contributed by atoms with Crippen molar-refractivity contribution in [2.75, 3.05) is 11.1 Å². The Hall–Kier alpha value is -0.970. The van der Waals surface area contributed by atoms with Crippen molar-refractivity contribution < 1.29 is 4.79 Å². The third kappa shape index (κ3) is 2.87. The Labute approximate surface area is 131 Å². The van der Waals surface area contributed by atoms with E-state index in [-0.39, 0.29) is 5.91 Å². The number of benzene rings is 1. The number of fused-ring (bicyclic) bond motifs is 1. The fraction of sp³-hybridized carbons (Fsp3) is 0.267. The maximum Gasteiger partial charge on any atom is 0.265 e. The lowest BCUT2D eigenvalue weighted by Crippen LogP contribution is -2.11. The van der Waals surface area contributed by atoms with E-state index in [1.54, 1.807) is 11.3 Å². The molecule has 20 heavy (non-hydrogen) atoms. The first-order chi connectivity index (χ1) is 9.78. The molecular formula is C15H14ClNOS2. The van der Waals surface area contributed by atoms with Gasteiger partial charge < -0.3 is 5.32 Å². The lowest BCUT2D eigenvalue weighted by molar-refractivity contribution is 0.103. The Bertz CT molecular complexity index is 615. The molecule has 1 aromatic heterocycles. The van der Waals surface area contributed by atoms with Crippen LogP contribution in [0.1, 0.15) is 25.7 Å². The van der Waals surface area contributed by atoms with E-state index in [9.17, 15) is 4.79 Å². The van der Waals surface area contributed by atoms with E-state index in [4.69, 9.17) is 11.6 Å². The van der Waals surface area contributed by atoms with Crippen LogP contribution in [0.25, 0.3) is 0 Å². The summed E-state index contributed by atoms with van der Waals surface area (Å²) in [6, 6.07) is 9.68. The summed E-state index contributed by atoms with van der Waals surface area (Å²) in [6.45, 7) is 0. The van der Waals surface area contributed by atoms with Crippen LogP contribution in [0, 0.1) is 0 Å². The number of nitrogens with one attached hydrogen (secondary N) is 1. The van der Waals surface area contributed by atoms with Gasteiger partial charge in [-0.2, -0.15) is 11.8 Å². The standard InChI is InChI=1S/C15H14ClNOS2/c16-8-10-3-1-2-4-12(10)17-15(18)14-7-11-9-19-6-5-13(11)20-14/h1-4,7H,5-6,8-9H2,(H,17,18). The van der Waals surface area contributed by atoms with Gasteiger partial charge in [-0.15, -0.1) is 22.9 Å². The van der Waals surface area contributed by atoms with Crippen LogP contribution >= 0.6 is 34.7 Å². The summed E-state index contributed by atoms with van der Waals surface area (Å²) >= 11 is 9.44. The minimum atomic E-state index is -0.0352. The molecular weight excluding hydrogens is 310 g/mol. The van der Waals surface area contributed by atoms with Gasteiger partial charge in [0.05, 0.1) is 4.88 Å². The quantitative estimate of drug-likeness (QED) is 0.841. The molecule has 2 aromatic rings. The number of hydrogen-bond acceptors (Lipinski definition) is 3. The number of aryl methyl sites for hydroxylation is 1. The molecule has 0 atom stereocenters. The second-order valence-electron chi connectivity index (χ2n) is 4.61. The highest BCUT2D eigenvalue weighted by Crippen LogP contribution is 2.32. The topological polar surface area (TPSA) is 29.1 Å². The molecule has 1 aliphatic heterocycles. The van der Waals surface area contributed by atoms with Crippen molar-refractivity contribution in [2.24, 2.45) is 0 Å². The fourth-order valence-electron chi connectivity index (χ4n) is 2.20. The Morgan fingerprint density at radius 1 is 1.35 bits per heavy atom. The maximum atomic E-state index is 12.3. The smallest absolute Gasteiger partial charge is 0.265 e. The van der Waals surface area contributed by atoms with Crippen molar-refractivity contribution in [3.8, 4) is 0 Å². The monoisotopic (exact) mass is 323 g/mol. The van der Waals surface area contributed by atoms with Crippen molar-refractivity contribution in [1.29, 1.82) is 0 Å². The van der Waals surface area contributed by atoms with Gasteiger partial charge in [0, 0.05) is 22.2 Å². The molecule has 0 bridgehead atoms. The average Bonchev–Trinajstić information content (AvgIpc) is 2.92. The lowest BCUT2D eigenvalue weighted by atomic mass is 10.2. The highest BCUT2D eigenvalue weighted by molar-refractivity contribution is 7.98. The number of para-hydroxylation sites is 1. The number of carbonyl (C=O) groups excluding carboxylic acids is 1. The SMILES string of the molecule is O=C(Nc1ccccc1CCl)c1cc2c(s1)CCSC2. The zero-order chi connectivity index (χ0) is 13.9. The molecule has 1 aliphatic rings. The van der Waals surface area contributed by atoms with Crippen molar-refractivity contribution in [1.82, 2.24) is 0 Å². The van der Waals surface area contributed by atoms with Crippen LogP contribution in [0.15, 0.2) is 30.3 Å². The molecule has 0 fully saturated rings. The third-order valence-corrected chi connectivity index (χ3v) is 5.79. The van der Waals surface area contributed by atoms with E-state index in [1.807, 2.05) is 42.1 Å². The fourth-order valence-corrected chi connectivity index (χ4v) is 4.70. The average molecular weight is 324 g/mol. The highest BCUT2D eigenvalue weighted by atomic mass is 35.5. The number of amides is 1. The van der Waals surface area contributed by atoms with Gasteiger partial charge in [-0.3, -0.25) is 4.79 Å². The number of thiophene rings is 1. The first-order valence-corrected chi connectivity index (χ1v) is 8.93. The van der Waals surface area contributed by atoms with Gasteiger partial charge in [0.2, 0.25) is 0 Å². The third-order valence-electron chi connectivity index (χ3n) is 3.26. The van der Waals surface area contributed by atoms with E-state index < -0.39 is 0 Å². The van der Waals surface area contributed by atoms with Crippen LogP contribution < -0.4 is 5.32 Å². The van der Waals surface area contributed by atoms with Crippen LogP contribution in [0.2, 0.25) is 0 Å². The molecule has 0 spiro atoms. The van der Waals surface area contributed by atoms with E-state index in [2.05, 4.69) is 5.32 Å². The van der Waals surface area contributed by atoms with Crippen LogP contribution in [0.4, 0.5) is 5.69 Å². The van der Waals surface area contributed by atoms with Crippen molar-refractivity contribution in [3.05, 3.63) is 51.2 Å². The summed E-state index contributed by atoms with van der Waals surface area (Å²) < 4.78 is 0. The molecule has 104 valence electrons. The van der Waals surface area contributed by atoms with Gasteiger partial charge in [0.25, 0.3) is 5.91 Å². The molecule has 3 rings (SSSR count). The van der Waals surface area contributed by atoms with Crippen molar-refractivity contribution in [2.45, 2.75) is 18.1 Å². The molecule has 1 amide bonds.